The molecule has 0 aliphatic carbocycles. The van der Waals surface area contributed by atoms with Crippen molar-refractivity contribution in [1.82, 2.24) is 9.88 Å². The zero-order valence-corrected chi connectivity index (χ0v) is 11.3. The Balaban J connectivity index is 2.00. The third-order valence-corrected chi connectivity index (χ3v) is 3.91. The Labute approximate surface area is 109 Å². The second kappa shape index (κ2) is 5.78. The SMILES string of the molecule is CC(C)(C(N)Cc1cccnc1)N1CCOCC1. The lowest BCUT2D eigenvalue weighted by molar-refractivity contribution is -0.0186. The van der Waals surface area contributed by atoms with Crippen LogP contribution in [-0.4, -0.2) is 47.8 Å². The standard InChI is InChI=1S/C14H23N3O/c1-14(2,17-6-8-18-9-7-17)13(15)10-12-4-3-5-16-11-12/h3-5,11,13H,6-10,15H2,1-2H3. The molecule has 1 aliphatic heterocycles. The van der Waals surface area contributed by atoms with Gasteiger partial charge in [-0.25, -0.2) is 0 Å². The molecule has 0 aromatic carbocycles. The summed E-state index contributed by atoms with van der Waals surface area (Å²) < 4.78 is 5.40. The lowest BCUT2D eigenvalue weighted by Crippen LogP contribution is -2.59. The molecule has 1 saturated heterocycles. The number of nitrogens with two attached hydrogens (primary N) is 1. The van der Waals surface area contributed by atoms with Crippen molar-refractivity contribution >= 4 is 0 Å². The van der Waals surface area contributed by atoms with Gasteiger partial charge in [0.05, 0.1) is 13.2 Å². The summed E-state index contributed by atoms with van der Waals surface area (Å²) in [6.07, 6.45) is 4.55. The van der Waals surface area contributed by atoms with Crippen LogP contribution >= 0.6 is 0 Å². The molecule has 100 valence electrons. The number of hydrogen-bond acceptors (Lipinski definition) is 4. The molecule has 2 N–H and O–H groups in total. The first-order chi connectivity index (χ1) is 8.60. The molecular weight excluding hydrogens is 226 g/mol. The molecule has 1 atom stereocenters. The average molecular weight is 249 g/mol. The molecule has 0 saturated carbocycles. The van der Waals surface area contributed by atoms with Gasteiger partial charge in [0, 0.05) is 37.1 Å². The van der Waals surface area contributed by atoms with Gasteiger partial charge in [-0.15, -0.1) is 0 Å². The molecular formula is C14H23N3O. The van der Waals surface area contributed by atoms with Crippen molar-refractivity contribution in [2.75, 3.05) is 26.3 Å². The van der Waals surface area contributed by atoms with Crippen LogP contribution in [0, 0.1) is 0 Å². The van der Waals surface area contributed by atoms with Crippen molar-refractivity contribution in [3.8, 4) is 0 Å². The van der Waals surface area contributed by atoms with Crippen LogP contribution in [0.4, 0.5) is 0 Å². The Kier molecular flexibility index (Phi) is 4.32. The smallest absolute Gasteiger partial charge is 0.0594 e. The first-order valence-corrected chi connectivity index (χ1v) is 6.58. The van der Waals surface area contributed by atoms with Crippen molar-refractivity contribution in [1.29, 1.82) is 0 Å². The highest BCUT2D eigenvalue weighted by Crippen LogP contribution is 2.21. The first kappa shape index (κ1) is 13.5. The fourth-order valence-corrected chi connectivity index (χ4v) is 2.40. The van der Waals surface area contributed by atoms with Gasteiger partial charge in [0.25, 0.3) is 0 Å². The molecule has 4 heteroatoms. The number of aromatic nitrogens is 1. The van der Waals surface area contributed by atoms with Crippen LogP contribution in [-0.2, 0) is 11.2 Å². The van der Waals surface area contributed by atoms with Crippen LogP contribution in [0.15, 0.2) is 24.5 Å². The summed E-state index contributed by atoms with van der Waals surface area (Å²) in [6, 6.07) is 4.14. The Bertz CT molecular complexity index is 361. The van der Waals surface area contributed by atoms with Crippen molar-refractivity contribution in [3.05, 3.63) is 30.1 Å². The van der Waals surface area contributed by atoms with Gasteiger partial charge >= 0.3 is 0 Å². The summed E-state index contributed by atoms with van der Waals surface area (Å²) in [6.45, 7) is 7.99. The van der Waals surface area contributed by atoms with E-state index in [9.17, 15) is 0 Å². The summed E-state index contributed by atoms with van der Waals surface area (Å²) >= 11 is 0. The van der Waals surface area contributed by atoms with Crippen molar-refractivity contribution < 1.29 is 4.74 Å². The van der Waals surface area contributed by atoms with Gasteiger partial charge in [0.15, 0.2) is 0 Å². The molecule has 4 nitrogen and oxygen atoms in total. The second-order valence-corrected chi connectivity index (χ2v) is 5.42. The molecule has 1 aliphatic rings. The molecule has 1 aromatic heterocycles. The average Bonchev–Trinajstić information content (AvgIpc) is 2.41. The summed E-state index contributed by atoms with van der Waals surface area (Å²) in [5.74, 6) is 0. The highest BCUT2D eigenvalue weighted by molar-refractivity contribution is 5.12. The van der Waals surface area contributed by atoms with E-state index in [0.717, 1.165) is 32.7 Å². The van der Waals surface area contributed by atoms with Gasteiger partial charge in [0.1, 0.15) is 0 Å². The fourth-order valence-electron chi connectivity index (χ4n) is 2.40. The first-order valence-electron chi connectivity index (χ1n) is 6.58. The molecule has 2 rings (SSSR count). The minimum atomic E-state index is -0.0143. The van der Waals surface area contributed by atoms with E-state index >= 15 is 0 Å². The van der Waals surface area contributed by atoms with Gasteiger partial charge in [-0.2, -0.15) is 0 Å². The largest absolute Gasteiger partial charge is 0.379 e. The van der Waals surface area contributed by atoms with E-state index in [2.05, 4.69) is 29.8 Å². The highest BCUT2D eigenvalue weighted by atomic mass is 16.5. The van der Waals surface area contributed by atoms with Gasteiger partial charge in [-0.05, 0) is 31.9 Å². The molecule has 1 unspecified atom stereocenters. The molecule has 18 heavy (non-hydrogen) atoms. The van der Waals surface area contributed by atoms with Crippen molar-refractivity contribution in [2.45, 2.75) is 31.8 Å². The number of nitrogens with zero attached hydrogens (tertiary/aromatic N) is 2. The minimum Gasteiger partial charge on any atom is -0.379 e. The number of rotatable bonds is 4. The van der Waals surface area contributed by atoms with E-state index < -0.39 is 0 Å². The van der Waals surface area contributed by atoms with E-state index in [0.29, 0.717) is 0 Å². The molecule has 0 bridgehead atoms. The van der Waals surface area contributed by atoms with Crippen LogP contribution < -0.4 is 5.73 Å². The summed E-state index contributed by atoms with van der Waals surface area (Å²) in [5.41, 5.74) is 7.59. The molecule has 0 radical (unpaired) electrons. The van der Waals surface area contributed by atoms with Crippen LogP contribution in [0.1, 0.15) is 19.4 Å². The van der Waals surface area contributed by atoms with E-state index in [1.54, 1.807) is 6.20 Å². The zero-order chi connectivity index (χ0) is 13.0. The van der Waals surface area contributed by atoms with Gasteiger partial charge in [0.2, 0.25) is 0 Å². The van der Waals surface area contributed by atoms with Crippen LogP contribution in [0.25, 0.3) is 0 Å². The normalized spacial score (nSPS) is 19.7. The predicted octanol–water partition coefficient (Wildman–Crippen LogP) is 1.06. The van der Waals surface area contributed by atoms with Crippen molar-refractivity contribution in [3.63, 3.8) is 0 Å². The number of ether oxygens (including phenoxy) is 1. The summed E-state index contributed by atoms with van der Waals surface area (Å²) in [5, 5.41) is 0. The summed E-state index contributed by atoms with van der Waals surface area (Å²) in [4.78, 5) is 6.57. The Morgan fingerprint density at radius 3 is 2.78 bits per heavy atom. The molecule has 1 aromatic rings. The van der Waals surface area contributed by atoms with Gasteiger partial charge in [-0.3, -0.25) is 9.88 Å². The molecule has 0 amide bonds. The van der Waals surface area contributed by atoms with E-state index in [-0.39, 0.29) is 11.6 Å². The Morgan fingerprint density at radius 1 is 1.44 bits per heavy atom. The Morgan fingerprint density at radius 2 is 2.17 bits per heavy atom. The maximum absolute atomic E-state index is 6.40. The number of hydrogen-bond donors (Lipinski definition) is 1. The molecule has 1 fully saturated rings. The van der Waals surface area contributed by atoms with E-state index in [1.807, 2.05) is 12.3 Å². The fraction of sp³-hybridized carbons (Fsp3) is 0.643. The maximum atomic E-state index is 6.40. The monoisotopic (exact) mass is 249 g/mol. The highest BCUT2D eigenvalue weighted by Gasteiger charge is 2.33. The third-order valence-electron chi connectivity index (χ3n) is 3.91. The molecule has 0 spiro atoms. The van der Waals surface area contributed by atoms with Crippen molar-refractivity contribution in [2.24, 2.45) is 5.73 Å². The number of pyridine rings is 1. The lowest BCUT2D eigenvalue weighted by Gasteiger charge is -2.44. The topological polar surface area (TPSA) is 51.4 Å². The third kappa shape index (κ3) is 3.07. The van der Waals surface area contributed by atoms with Crippen LogP contribution in [0.3, 0.4) is 0 Å². The zero-order valence-electron chi connectivity index (χ0n) is 11.3. The van der Waals surface area contributed by atoms with E-state index in [4.69, 9.17) is 10.5 Å². The van der Waals surface area contributed by atoms with E-state index in [1.165, 1.54) is 5.56 Å². The van der Waals surface area contributed by atoms with Gasteiger partial charge < -0.3 is 10.5 Å². The molecule has 2 heterocycles. The summed E-state index contributed by atoms with van der Waals surface area (Å²) in [7, 11) is 0. The lowest BCUT2D eigenvalue weighted by atomic mass is 9.88. The quantitative estimate of drug-likeness (QED) is 0.867. The second-order valence-electron chi connectivity index (χ2n) is 5.42. The number of morpholine rings is 1. The van der Waals surface area contributed by atoms with Crippen LogP contribution in [0.2, 0.25) is 0 Å². The Hall–Kier alpha value is -0.970. The predicted molar refractivity (Wildman–Crippen MR) is 72.4 cm³/mol. The maximum Gasteiger partial charge on any atom is 0.0594 e. The van der Waals surface area contributed by atoms with Crippen LogP contribution in [0.5, 0.6) is 0 Å². The van der Waals surface area contributed by atoms with Gasteiger partial charge in [-0.1, -0.05) is 6.07 Å². The minimum absolute atomic E-state index is 0.0143.